The van der Waals surface area contributed by atoms with Gasteiger partial charge in [-0.25, -0.2) is 9.78 Å². The maximum atomic E-state index is 13.5. The number of phenols is 2. The minimum atomic E-state index is -1.80. The van der Waals surface area contributed by atoms with Crippen LogP contribution in [-0.4, -0.2) is 121 Å². The van der Waals surface area contributed by atoms with Crippen molar-refractivity contribution in [1.29, 1.82) is 0 Å². The summed E-state index contributed by atoms with van der Waals surface area (Å²) in [6.45, 7) is 5.06. The van der Waals surface area contributed by atoms with E-state index >= 15 is 0 Å². The van der Waals surface area contributed by atoms with Crippen molar-refractivity contribution in [2.24, 2.45) is 5.16 Å². The number of amides is 3. The first-order chi connectivity index (χ1) is 25.1. The minimum Gasteiger partial charge on any atom is -0.543 e. The number of carbonyl (C=O) groups is 5. The number of nitrogens with zero attached hydrogens (tertiary/aromatic N) is 4. The summed E-state index contributed by atoms with van der Waals surface area (Å²) in [4.78, 5) is 74.4. The first-order valence-electron chi connectivity index (χ1n) is 16.6. The number of hydrogen-bond donors (Lipinski definition) is 6. The van der Waals surface area contributed by atoms with E-state index in [1.54, 1.807) is 18.2 Å². The molecule has 3 aliphatic heterocycles. The summed E-state index contributed by atoms with van der Waals surface area (Å²) in [5, 5.41) is 52.9. The average Bonchev–Trinajstić information content (AvgIpc) is 3.76. The Morgan fingerprint density at radius 2 is 1.83 bits per heavy atom. The van der Waals surface area contributed by atoms with Gasteiger partial charge in [-0.05, 0) is 48.9 Å². The number of nitrogen functional groups attached to an aromatic ring is 1. The van der Waals surface area contributed by atoms with E-state index in [1.807, 2.05) is 0 Å². The fraction of sp³-hybridized carbons (Fsp3) is 0.382. The fourth-order valence-electron chi connectivity index (χ4n) is 6.60. The summed E-state index contributed by atoms with van der Waals surface area (Å²) in [6.07, 6.45) is 1.80. The number of aliphatic carboxylic acids is 2. The van der Waals surface area contributed by atoms with Crippen molar-refractivity contribution >= 4 is 74.4 Å². The molecule has 0 spiro atoms. The number of carboxylic acid groups (broad SMARTS) is 2. The number of rotatable bonds is 13. The predicted molar refractivity (Wildman–Crippen MR) is 191 cm³/mol. The summed E-state index contributed by atoms with van der Waals surface area (Å²) < 4.78 is 0.494. The molecule has 6 rings (SSSR count). The van der Waals surface area contributed by atoms with Gasteiger partial charge in [-0.1, -0.05) is 11.2 Å². The molecule has 2 atom stereocenters. The Morgan fingerprint density at radius 3 is 2.47 bits per heavy atom. The molecule has 0 bridgehead atoms. The van der Waals surface area contributed by atoms with Gasteiger partial charge in [-0.2, -0.15) is 0 Å². The number of quaternary nitrogens is 1. The quantitative estimate of drug-likeness (QED) is 0.0451. The van der Waals surface area contributed by atoms with Crippen molar-refractivity contribution in [3.05, 3.63) is 58.2 Å². The average molecular weight is 768 g/mol. The Balaban J connectivity index is 1.14. The number of phenolic OH excluding ortho intramolecular Hbond substituents is 2. The first kappa shape index (κ1) is 37.4. The van der Waals surface area contributed by atoms with Gasteiger partial charge >= 0.3 is 5.97 Å². The third-order valence-electron chi connectivity index (χ3n) is 9.50. The van der Waals surface area contributed by atoms with Crippen LogP contribution in [0.4, 0.5) is 5.13 Å². The van der Waals surface area contributed by atoms with Crippen molar-refractivity contribution in [3.8, 4) is 11.5 Å². The van der Waals surface area contributed by atoms with Crippen LogP contribution in [0.15, 0.2) is 52.1 Å². The molecule has 280 valence electrons. The Labute approximate surface area is 310 Å². The smallest absolute Gasteiger partial charge is 0.350 e. The number of fused-ring (bicyclic) bond motifs is 2. The summed E-state index contributed by atoms with van der Waals surface area (Å²) in [7, 11) is 0. The van der Waals surface area contributed by atoms with Crippen molar-refractivity contribution in [3.63, 3.8) is 0 Å². The van der Waals surface area contributed by atoms with Gasteiger partial charge in [0.15, 0.2) is 22.3 Å². The van der Waals surface area contributed by atoms with Crippen LogP contribution in [0.1, 0.15) is 42.7 Å². The molecule has 1 aromatic heterocycles. The number of β-lactam (4-membered cyclic amide) rings is 1. The number of thioether (sulfide) groups is 1. The zero-order valence-corrected chi connectivity index (χ0v) is 30.3. The number of oxime groups is 1. The van der Waals surface area contributed by atoms with Gasteiger partial charge in [0.25, 0.3) is 17.7 Å². The van der Waals surface area contributed by atoms with Crippen LogP contribution in [0.25, 0.3) is 10.8 Å². The molecule has 2 fully saturated rings. The van der Waals surface area contributed by atoms with Crippen molar-refractivity contribution < 1.29 is 53.7 Å². The number of carbonyl (C=O) groups excluding carboxylic acids is 4. The first-order valence-corrected chi connectivity index (χ1v) is 18.5. The van der Waals surface area contributed by atoms with Crippen LogP contribution in [0.2, 0.25) is 0 Å². The highest BCUT2D eigenvalue weighted by molar-refractivity contribution is 8.00. The number of nitrogens with one attached hydrogen (secondary N) is 2. The van der Waals surface area contributed by atoms with Gasteiger partial charge in [0, 0.05) is 35.1 Å². The second-order valence-electron chi connectivity index (χ2n) is 13.6. The van der Waals surface area contributed by atoms with Crippen LogP contribution < -0.4 is 21.5 Å². The van der Waals surface area contributed by atoms with Gasteiger partial charge in [-0.15, -0.1) is 23.1 Å². The maximum Gasteiger partial charge on any atom is 0.350 e. The van der Waals surface area contributed by atoms with E-state index in [-0.39, 0.29) is 39.7 Å². The van der Waals surface area contributed by atoms with Crippen LogP contribution in [0, 0.1) is 0 Å². The van der Waals surface area contributed by atoms with E-state index in [4.69, 9.17) is 10.6 Å². The zero-order valence-electron chi connectivity index (χ0n) is 28.7. The van der Waals surface area contributed by atoms with E-state index < -0.39 is 46.5 Å². The number of nitrogens with two attached hydrogens (primary N) is 1. The Kier molecular flexibility index (Phi) is 10.3. The van der Waals surface area contributed by atoms with Crippen LogP contribution >= 0.6 is 23.1 Å². The van der Waals surface area contributed by atoms with Gasteiger partial charge in [-0.3, -0.25) is 19.3 Å². The molecule has 53 heavy (non-hydrogen) atoms. The molecule has 3 amide bonds. The monoisotopic (exact) mass is 767 g/mol. The molecule has 4 heterocycles. The van der Waals surface area contributed by atoms with Crippen LogP contribution in [0.3, 0.4) is 0 Å². The molecule has 0 saturated carbocycles. The number of anilines is 1. The van der Waals surface area contributed by atoms with E-state index in [0.29, 0.717) is 46.0 Å². The van der Waals surface area contributed by atoms with Crippen molar-refractivity contribution in [2.45, 2.75) is 43.7 Å². The van der Waals surface area contributed by atoms with E-state index in [9.17, 15) is 44.4 Å². The Hall–Kier alpha value is -5.40. The van der Waals surface area contributed by atoms with Crippen molar-refractivity contribution in [2.75, 3.05) is 44.2 Å². The maximum absolute atomic E-state index is 13.5. The third kappa shape index (κ3) is 7.58. The standard InChI is InChI=1S/C34H37N7O10S2/c1-34(2,32(49)50)51-39-24(21-16-53-33(35)37-21)28(45)38-25-29(46)40-26(31(47)48)20(15-52-30(25)40)14-41(8-3-4-9-41)10-7-36-27(44)18-6-5-17-12-22(42)23(43)13-19(17)11-18/h5-6,11-13,16,25,30H,3-4,7-10,14-15H2,1-2H3,(H7-,35,36,37,38,39,42,43,44,45,47,48,49,50)/t25-,30-/m1/s1. The lowest BCUT2D eigenvalue weighted by Crippen LogP contribution is -2.72. The molecule has 2 saturated heterocycles. The number of benzene rings is 2. The minimum absolute atomic E-state index is 0.00163. The number of aromatic nitrogens is 1. The summed E-state index contributed by atoms with van der Waals surface area (Å²) >= 11 is 2.29. The number of hydrogen-bond acceptors (Lipinski definition) is 14. The van der Waals surface area contributed by atoms with Crippen molar-refractivity contribution in [1.82, 2.24) is 20.5 Å². The van der Waals surface area contributed by atoms with E-state index in [1.165, 1.54) is 43.1 Å². The lowest BCUT2D eigenvalue weighted by Gasteiger charge is -2.51. The highest BCUT2D eigenvalue weighted by atomic mass is 32.2. The summed E-state index contributed by atoms with van der Waals surface area (Å²) in [6, 6.07) is 6.57. The molecule has 3 aliphatic rings. The number of thiazole rings is 1. The molecule has 0 radical (unpaired) electrons. The van der Waals surface area contributed by atoms with Gasteiger partial charge in [0.1, 0.15) is 23.7 Å². The Morgan fingerprint density at radius 1 is 1.13 bits per heavy atom. The molecule has 7 N–H and O–H groups in total. The van der Waals surface area contributed by atoms with E-state index in [2.05, 4.69) is 20.8 Å². The predicted octanol–water partition coefficient (Wildman–Crippen LogP) is 0.318. The largest absolute Gasteiger partial charge is 0.543 e. The second-order valence-corrected chi connectivity index (χ2v) is 15.5. The van der Waals surface area contributed by atoms with Crippen LogP contribution in [0.5, 0.6) is 11.5 Å². The van der Waals surface area contributed by atoms with Gasteiger partial charge in [0.05, 0.1) is 37.8 Å². The fourth-order valence-corrected chi connectivity index (χ4v) is 8.48. The number of likely N-dealkylation sites (tertiary alicyclic amines) is 1. The lowest BCUT2D eigenvalue weighted by molar-refractivity contribution is -0.911. The van der Waals surface area contributed by atoms with Gasteiger partial charge in [0.2, 0.25) is 5.60 Å². The summed E-state index contributed by atoms with van der Waals surface area (Å²) in [5.74, 6) is -5.06. The van der Waals surface area contributed by atoms with E-state index in [0.717, 1.165) is 42.2 Å². The zero-order chi connectivity index (χ0) is 38.2. The second kappa shape index (κ2) is 14.6. The topological polar surface area (TPSA) is 257 Å². The molecule has 0 unspecified atom stereocenters. The highest BCUT2D eigenvalue weighted by Gasteiger charge is 2.54. The molecular formula is C34H37N7O10S2. The van der Waals surface area contributed by atoms with Gasteiger partial charge < -0.3 is 50.9 Å². The molecule has 17 nitrogen and oxygen atoms in total. The SMILES string of the molecule is CC(C)(O/N=C(\C(=O)N[C@@H]1C(=O)N2C(C(=O)[O-])=C(C[N+]3(CCNC(=O)c4ccc5cc(O)c(O)cc5c4)CCCC3)CS[C@H]12)c1csc(N)n1)C(=O)O. The Bertz CT molecular complexity index is 2070. The summed E-state index contributed by atoms with van der Waals surface area (Å²) in [5.41, 5.74) is 4.16. The van der Waals surface area contributed by atoms with Crippen LogP contribution in [-0.2, 0) is 24.0 Å². The number of aromatic hydroxyl groups is 2. The molecular weight excluding hydrogens is 731 g/mol. The number of carboxylic acids is 2. The highest BCUT2D eigenvalue weighted by Crippen LogP contribution is 2.41. The third-order valence-corrected chi connectivity index (χ3v) is 11.5. The molecule has 3 aromatic rings. The lowest BCUT2D eigenvalue weighted by atomic mass is 10.0. The molecule has 2 aromatic carbocycles. The molecule has 19 heteroatoms. The normalized spacial score (nSPS) is 19.8. The molecule has 0 aliphatic carbocycles.